The summed E-state index contributed by atoms with van der Waals surface area (Å²) in [6.45, 7) is 7.70. The number of hydrogen-bond donors (Lipinski definition) is 1. The highest BCUT2D eigenvalue weighted by Crippen LogP contribution is 2.42. The third kappa shape index (κ3) is 3.74. The highest BCUT2D eigenvalue weighted by molar-refractivity contribution is 7.91. The lowest BCUT2D eigenvalue weighted by Crippen LogP contribution is -2.28. The van der Waals surface area contributed by atoms with Crippen molar-refractivity contribution in [3.63, 3.8) is 0 Å². The number of ketones is 1. The van der Waals surface area contributed by atoms with Gasteiger partial charge in [-0.25, -0.2) is 9.97 Å². The van der Waals surface area contributed by atoms with Gasteiger partial charge in [0.1, 0.15) is 17.0 Å². The van der Waals surface area contributed by atoms with E-state index in [9.17, 15) is 9.35 Å². The van der Waals surface area contributed by atoms with Gasteiger partial charge in [-0.15, -0.1) is 0 Å². The largest absolute Gasteiger partial charge is 0.616 e. The van der Waals surface area contributed by atoms with Crippen molar-refractivity contribution in [1.29, 1.82) is 0 Å². The number of carbonyl (C=O) groups is 1. The van der Waals surface area contributed by atoms with E-state index in [-0.39, 0.29) is 11.2 Å². The van der Waals surface area contributed by atoms with Crippen LogP contribution in [0, 0.1) is 10.8 Å². The van der Waals surface area contributed by atoms with Crippen LogP contribution in [0.25, 0.3) is 22.4 Å². The van der Waals surface area contributed by atoms with Crippen LogP contribution >= 0.6 is 0 Å². The van der Waals surface area contributed by atoms with Gasteiger partial charge in [-0.2, -0.15) is 0 Å². The number of anilines is 1. The minimum atomic E-state index is -0.655. The molecule has 2 unspecified atom stereocenters. The fourth-order valence-electron chi connectivity index (χ4n) is 4.76. The van der Waals surface area contributed by atoms with Gasteiger partial charge in [-0.3, -0.25) is 4.79 Å². The van der Waals surface area contributed by atoms with Gasteiger partial charge in [-0.05, 0) is 18.6 Å². The number of hydrogen-bond acceptors (Lipinski definition) is 5. The van der Waals surface area contributed by atoms with E-state index in [0.717, 1.165) is 54.4 Å². The van der Waals surface area contributed by atoms with Crippen molar-refractivity contribution in [1.82, 2.24) is 15.0 Å². The molecule has 1 aromatic carbocycles. The van der Waals surface area contributed by atoms with Gasteiger partial charge in [-0.1, -0.05) is 44.1 Å². The van der Waals surface area contributed by atoms with E-state index in [4.69, 9.17) is 4.98 Å². The lowest BCUT2D eigenvalue weighted by molar-refractivity contribution is 0.0860. The average Bonchev–Trinajstić information content (AvgIpc) is 3.45. The first-order valence-electron chi connectivity index (χ1n) is 10.8. The summed E-state index contributed by atoms with van der Waals surface area (Å²) in [5.41, 5.74) is 4.47. The third-order valence-corrected chi connectivity index (χ3v) is 8.17. The van der Waals surface area contributed by atoms with Crippen molar-refractivity contribution in [2.75, 3.05) is 29.5 Å². The van der Waals surface area contributed by atoms with Gasteiger partial charge >= 0.3 is 0 Å². The van der Waals surface area contributed by atoms with Crippen LogP contribution in [0.2, 0.25) is 0 Å². The van der Waals surface area contributed by atoms with Crippen LogP contribution in [0.5, 0.6) is 0 Å². The van der Waals surface area contributed by atoms with Crippen molar-refractivity contribution in [3.05, 3.63) is 42.2 Å². The molecule has 7 heteroatoms. The molecular weight excluding hydrogens is 408 g/mol. The lowest BCUT2D eigenvalue weighted by Gasteiger charge is -2.23. The highest BCUT2D eigenvalue weighted by Gasteiger charge is 2.46. The lowest BCUT2D eigenvalue weighted by atomic mass is 9.87. The SMILES string of the molecule is CC(C)(C)C(=O)c1c[nH]c2ncc(-c3cccc(N4CCC5(CC[S+]([O-])C5)C4)c3)nc12. The van der Waals surface area contributed by atoms with Crippen LogP contribution in [-0.4, -0.2) is 49.9 Å². The summed E-state index contributed by atoms with van der Waals surface area (Å²) in [4.78, 5) is 27.7. The van der Waals surface area contributed by atoms with Crippen LogP contribution in [0.15, 0.2) is 36.7 Å². The molecule has 2 saturated heterocycles. The summed E-state index contributed by atoms with van der Waals surface area (Å²) in [5, 5.41) is 0. The monoisotopic (exact) mass is 436 g/mol. The van der Waals surface area contributed by atoms with Crippen molar-refractivity contribution < 1.29 is 9.35 Å². The summed E-state index contributed by atoms with van der Waals surface area (Å²) in [6, 6.07) is 8.37. The van der Waals surface area contributed by atoms with Gasteiger partial charge < -0.3 is 14.4 Å². The molecule has 162 valence electrons. The van der Waals surface area contributed by atoms with Crippen LogP contribution in [0.1, 0.15) is 44.0 Å². The molecule has 5 rings (SSSR count). The molecule has 31 heavy (non-hydrogen) atoms. The smallest absolute Gasteiger partial charge is 0.171 e. The topological polar surface area (TPSA) is 84.9 Å². The van der Waals surface area contributed by atoms with E-state index in [0.29, 0.717) is 16.7 Å². The molecular formula is C24H28N4O2S. The number of aromatic nitrogens is 3. The number of aromatic amines is 1. The van der Waals surface area contributed by atoms with Crippen LogP contribution < -0.4 is 4.90 Å². The Morgan fingerprint density at radius 1 is 1.29 bits per heavy atom. The number of carbonyl (C=O) groups excluding carboxylic acids is 1. The van der Waals surface area contributed by atoms with Gasteiger partial charge in [0.2, 0.25) is 0 Å². The minimum Gasteiger partial charge on any atom is -0.616 e. The van der Waals surface area contributed by atoms with Gasteiger partial charge in [0, 0.05) is 47.8 Å². The predicted octanol–water partition coefficient (Wildman–Crippen LogP) is 4.20. The number of nitrogens with zero attached hydrogens (tertiary/aromatic N) is 3. The molecule has 6 nitrogen and oxygen atoms in total. The zero-order valence-corrected chi connectivity index (χ0v) is 19.1. The normalized spacial score (nSPS) is 23.9. The molecule has 1 spiro atoms. The van der Waals surface area contributed by atoms with Crippen LogP contribution in [0.3, 0.4) is 0 Å². The van der Waals surface area contributed by atoms with Crippen LogP contribution in [-0.2, 0) is 11.2 Å². The predicted molar refractivity (Wildman–Crippen MR) is 125 cm³/mol. The van der Waals surface area contributed by atoms with Gasteiger partial charge in [0.15, 0.2) is 11.4 Å². The maximum atomic E-state index is 12.8. The molecule has 2 aliphatic heterocycles. The second-order valence-corrected chi connectivity index (χ2v) is 11.6. The number of benzene rings is 1. The zero-order valence-electron chi connectivity index (χ0n) is 18.3. The number of nitrogens with one attached hydrogen (secondary N) is 1. The summed E-state index contributed by atoms with van der Waals surface area (Å²) < 4.78 is 12.0. The van der Waals surface area contributed by atoms with E-state index in [1.54, 1.807) is 12.4 Å². The molecule has 2 aromatic heterocycles. The maximum Gasteiger partial charge on any atom is 0.171 e. The highest BCUT2D eigenvalue weighted by atomic mass is 32.2. The Balaban J connectivity index is 1.45. The fourth-order valence-corrected chi connectivity index (χ4v) is 6.63. The molecule has 0 bridgehead atoms. The minimum absolute atomic E-state index is 0.0512. The summed E-state index contributed by atoms with van der Waals surface area (Å²) >= 11 is -0.655. The van der Waals surface area contributed by atoms with E-state index in [2.05, 4.69) is 27.0 Å². The molecule has 4 heterocycles. The Kier molecular flexibility index (Phi) is 4.86. The molecule has 0 saturated carbocycles. The Morgan fingerprint density at radius 2 is 2.13 bits per heavy atom. The molecule has 0 aliphatic carbocycles. The number of fused-ring (bicyclic) bond motifs is 1. The molecule has 3 aromatic rings. The Morgan fingerprint density at radius 3 is 2.87 bits per heavy atom. The second-order valence-electron chi connectivity index (χ2n) is 9.99. The van der Waals surface area contributed by atoms with E-state index in [1.807, 2.05) is 32.9 Å². The molecule has 1 N–H and O–H groups in total. The van der Waals surface area contributed by atoms with Gasteiger partial charge in [0.05, 0.1) is 17.5 Å². The number of rotatable bonds is 3. The van der Waals surface area contributed by atoms with Crippen LogP contribution in [0.4, 0.5) is 5.69 Å². The molecule has 0 amide bonds. The number of Topliss-reactive ketones (excluding diaryl/α,β-unsaturated/α-hetero) is 1. The quantitative estimate of drug-likeness (QED) is 0.491. The van der Waals surface area contributed by atoms with Crippen molar-refractivity contribution in [3.8, 4) is 11.3 Å². The molecule has 2 atom stereocenters. The van der Waals surface area contributed by atoms with E-state index < -0.39 is 16.6 Å². The summed E-state index contributed by atoms with van der Waals surface area (Å²) in [5.74, 6) is 1.73. The van der Waals surface area contributed by atoms with Crippen molar-refractivity contribution >= 4 is 33.8 Å². The Bertz CT molecular complexity index is 1150. The number of H-pyrrole nitrogens is 1. The average molecular weight is 437 g/mol. The zero-order chi connectivity index (χ0) is 21.8. The standard InChI is InChI=1S/C24H28N4O2S/c1-23(2,3)21(29)18-12-25-22-20(18)27-19(13-26-22)16-5-4-6-17(11-16)28-9-7-24(14-28)8-10-31(30)15-24/h4-6,11-13H,7-10,14-15H2,1-3H3,(H,25,26). The van der Waals surface area contributed by atoms with Crippen molar-refractivity contribution in [2.24, 2.45) is 10.8 Å². The first-order chi connectivity index (χ1) is 14.7. The van der Waals surface area contributed by atoms with E-state index in [1.165, 1.54) is 0 Å². The molecule has 0 radical (unpaired) electrons. The summed E-state index contributed by atoms with van der Waals surface area (Å²) in [6.07, 6.45) is 5.65. The first-order valence-corrected chi connectivity index (χ1v) is 12.3. The first kappa shape index (κ1) is 20.5. The Hall–Kier alpha value is -2.38. The van der Waals surface area contributed by atoms with Gasteiger partial charge in [0.25, 0.3) is 0 Å². The molecule has 2 aliphatic rings. The third-order valence-electron chi connectivity index (χ3n) is 6.58. The fraction of sp³-hybridized carbons (Fsp3) is 0.458. The summed E-state index contributed by atoms with van der Waals surface area (Å²) in [7, 11) is 0. The second kappa shape index (κ2) is 7.35. The van der Waals surface area contributed by atoms with E-state index >= 15 is 0 Å². The molecule has 2 fully saturated rings. The van der Waals surface area contributed by atoms with Crippen molar-refractivity contribution in [2.45, 2.75) is 33.6 Å². The Labute approximate surface area is 185 Å². The maximum absolute atomic E-state index is 12.8.